The Kier molecular flexibility index (Phi) is 5.48. The lowest BCUT2D eigenvalue weighted by atomic mass is 9.82. The molecule has 0 aliphatic carbocycles. The van der Waals surface area contributed by atoms with Gasteiger partial charge in [0.2, 0.25) is 0 Å². The maximum Gasteiger partial charge on any atom is 0.142 e. The fourth-order valence-corrected chi connectivity index (χ4v) is 2.28. The Bertz CT molecular complexity index is 353. The molecule has 0 aromatic heterocycles. The minimum absolute atomic E-state index is 0.0321. The van der Waals surface area contributed by atoms with Gasteiger partial charge in [-0.2, -0.15) is 0 Å². The van der Waals surface area contributed by atoms with Gasteiger partial charge in [-0.25, -0.2) is 0 Å². The van der Waals surface area contributed by atoms with E-state index in [4.69, 9.17) is 4.74 Å². The highest BCUT2D eigenvalue weighted by molar-refractivity contribution is 5.58. The quantitative estimate of drug-likeness (QED) is 0.808. The molecule has 0 atom stereocenters. The van der Waals surface area contributed by atoms with Crippen molar-refractivity contribution in [1.82, 2.24) is 0 Å². The highest BCUT2D eigenvalue weighted by Crippen LogP contribution is 2.32. The number of anilines is 1. The molecule has 0 fully saturated rings. The van der Waals surface area contributed by atoms with Crippen LogP contribution in [0.1, 0.15) is 26.7 Å². The molecule has 1 aromatic rings. The Morgan fingerprint density at radius 2 is 1.83 bits per heavy atom. The van der Waals surface area contributed by atoms with E-state index in [0.29, 0.717) is 0 Å². The van der Waals surface area contributed by atoms with Crippen LogP contribution < -0.4 is 9.64 Å². The Balaban J connectivity index is 2.90. The number of methoxy groups -OCH3 is 1. The van der Waals surface area contributed by atoms with Gasteiger partial charge < -0.3 is 14.7 Å². The van der Waals surface area contributed by atoms with Gasteiger partial charge in [-0.3, -0.25) is 0 Å². The minimum atomic E-state index is -0.0321. The number of aliphatic hydroxyl groups excluding tert-OH is 1. The van der Waals surface area contributed by atoms with Gasteiger partial charge in [0.05, 0.1) is 19.4 Å². The molecule has 0 saturated carbocycles. The van der Waals surface area contributed by atoms with E-state index in [1.165, 1.54) is 0 Å². The van der Waals surface area contributed by atoms with Crippen molar-refractivity contribution in [2.75, 3.05) is 32.2 Å². The first-order valence-electron chi connectivity index (χ1n) is 6.57. The second-order valence-corrected chi connectivity index (χ2v) is 4.89. The van der Waals surface area contributed by atoms with E-state index in [0.717, 1.165) is 30.8 Å². The zero-order valence-corrected chi connectivity index (χ0v) is 11.9. The number of aliphatic hydroxyl groups is 1. The molecule has 0 aliphatic heterocycles. The summed E-state index contributed by atoms with van der Waals surface area (Å²) in [5.74, 6) is 0.874. The number of hydrogen-bond donors (Lipinski definition) is 1. The smallest absolute Gasteiger partial charge is 0.142 e. The van der Waals surface area contributed by atoms with Crippen LogP contribution >= 0.6 is 0 Å². The first-order chi connectivity index (χ1) is 8.62. The van der Waals surface area contributed by atoms with Crippen LogP contribution in [0.2, 0.25) is 0 Å². The summed E-state index contributed by atoms with van der Waals surface area (Å²) in [6.07, 6.45) is 1.94. The second kappa shape index (κ2) is 6.64. The standard InChI is InChI=1S/C15H25NO2/c1-5-15(6-2,12-17)11-16(3)13-9-7-8-10-14(13)18-4/h7-10,17H,5-6,11-12H2,1-4H3. The van der Waals surface area contributed by atoms with Crippen molar-refractivity contribution in [2.24, 2.45) is 5.41 Å². The number of benzene rings is 1. The van der Waals surface area contributed by atoms with E-state index in [1.54, 1.807) is 7.11 Å². The van der Waals surface area contributed by atoms with E-state index in [1.807, 2.05) is 31.3 Å². The molecule has 1 N–H and O–H groups in total. The van der Waals surface area contributed by atoms with Crippen LogP contribution in [0.3, 0.4) is 0 Å². The van der Waals surface area contributed by atoms with Gasteiger partial charge in [0.25, 0.3) is 0 Å². The molecule has 18 heavy (non-hydrogen) atoms. The topological polar surface area (TPSA) is 32.7 Å². The zero-order chi connectivity index (χ0) is 13.6. The second-order valence-electron chi connectivity index (χ2n) is 4.89. The van der Waals surface area contributed by atoms with Crippen LogP contribution in [0, 0.1) is 5.41 Å². The molecule has 1 aromatic carbocycles. The lowest BCUT2D eigenvalue weighted by molar-refractivity contribution is 0.121. The molecular weight excluding hydrogens is 226 g/mol. The summed E-state index contributed by atoms with van der Waals surface area (Å²) in [6, 6.07) is 7.98. The minimum Gasteiger partial charge on any atom is -0.495 e. The monoisotopic (exact) mass is 251 g/mol. The molecular formula is C15H25NO2. The predicted octanol–water partition coefficient (Wildman–Crippen LogP) is 2.93. The van der Waals surface area contributed by atoms with E-state index >= 15 is 0 Å². The van der Waals surface area contributed by atoms with Gasteiger partial charge in [0.1, 0.15) is 5.75 Å². The largest absolute Gasteiger partial charge is 0.495 e. The fraction of sp³-hybridized carbons (Fsp3) is 0.600. The van der Waals surface area contributed by atoms with Gasteiger partial charge in [-0.05, 0) is 25.0 Å². The molecule has 0 bridgehead atoms. The molecule has 0 amide bonds. The van der Waals surface area contributed by atoms with Crippen molar-refractivity contribution in [3.8, 4) is 5.75 Å². The molecule has 3 nitrogen and oxygen atoms in total. The maximum absolute atomic E-state index is 9.64. The van der Waals surface area contributed by atoms with Gasteiger partial charge >= 0.3 is 0 Å². The molecule has 0 radical (unpaired) electrons. The van der Waals surface area contributed by atoms with E-state index in [-0.39, 0.29) is 12.0 Å². The summed E-state index contributed by atoms with van der Waals surface area (Å²) in [7, 11) is 3.74. The third-order valence-corrected chi connectivity index (χ3v) is 3.90. The summed E-state index contributed by atoms with van der Waals surface area (Å²) < 4.78 is 5.38. The van der Waals surface area contributed by atoms with Crippen LogP contribution in [0.15, 0.2) is 24.3 Å². The van der Waals surface area contributed by atoms with Crippen molar-refractivity contribution < 1.29 is 9.84 Å². The summed E-state index contributed by atoms with van der Waals surface area (Å²) in [5, 5.41) is 9.64. The van der Waals surface area contributed by atoms with Gasteiger partial charge in [0.15, 0.2) is 0 Å². The van der Waals surface area contributed by atoms with Crippen LogP contribution in [-0.4, -0.2) is 32.4 Å². The Hall–Kier alpha value is -1.22. The lowest BCUT2D eigenvalue weighted by Crippen LogP contribution is -2.37. The molecule has 1 rings (SSSR count). The van der Waals surface area contributed by atoms with Crippen molar-refractivity contribution in [2.45, 2.75) is 26.7 Å². The third kappa shape index (κ3) is 3.16. The van der Waals surface area contributed by atoms with Gasteiger partial charge in [0, 0.05) is 19.0 Å². The molecule has 0 spiro atoms. The van der Waals surface area contributed by atoms with Crippen LogP contribution in [0.4, 0.5) is 5.69 Å². The molecule has 0 aliphatic rings. The normalized spacial score (nSPS) is 11.4. The Morgan fingerprint density at radius 1 is 1.22 bits per heavy atom. The highest BCUT2D eigenvalue weighted by Gasteiger charge is 2.27. The third-order valence-electron chi connectivity index (χ3n) is 3.90. The van der Waals surface area contributed by atoms with E-state index < -0.39 is 0 Å². The fourth-order valence-electron chi connectivity index (χ4n) is 2.28. The average molecular weight is 251 g/mol. The predicted molar refractivity (Wildman–Crippen MR) is 76.4 cm³/mol. The number of hydrogen-bond acceptors (Lipinski definition) is 3. The first-order valence-corrected chi connectivity index (χ1v) is 6.57. The molecule has 3 heteroatoms. The number of para-hydroxylation sites is 2. The SMILES string of the molecule is CCC(CC)(CO)CN(C)c1ccccc1OC. The average Bonchev–Trinajstić information content (AvgIpc) is 2.44. The maximum atomic E-state index is 9.64. The van der Waals surface area contributed by atoms with E-state index in [9.17, 15) is 5.11 Å². The van der Waals surface area contributed by atoms with Gasteiger partial charge in [-0.1, -0.05) is 26.0 Å². The summed E-state index contributed by atoms with van der Waals surface area (Å²) in [4.78, 5) is 2.17. The van der Waals surface area contributed by atoms with Gasteiger partial charge in [-0.15, -0.1) is 0 Å². The lowest BCUT2D eigenvalue weighted by Gasteiger charge is -2.35. The molecule has 102 valence electrons. The highest BCUT2D eigenvalue weighted by atomic mass is 16.5. The van der Waals surface area contributed by atoms with Crippen molar-refractivity contribution in [3.63, 3.8) is 0 Å². The van der Waals surface area contributed by atoms with Crippen LogP contribution in [-0.2, 0) is 0 Å². The number of nitrogens with zero attached hydrogens (tertiary/aromatic N) is 1. The number of rotatable bonds is 7. The summed E-state index contributed by atoms with van der Waals surface area (Å²) >= 11 is 0. The van der Waals surface area contributed by atoms with E-state index in [2.05, 4.69) is 18.7 Å². The van der Waals surface area contributed by atoms with Crippen LogP contribution in [0.5, 0.6) is 5.75 Å². The summed E-state index contributed by atoms with van der Waals surface area (Å²) in [5.41, 5.74) is 1.04. The Labute approximate surface area is 110 Å². The molecule has 0 unspecified atom stereocenters. The van der Waals surface area contributed by atoms with Crippen molar-refractivity contribution in [1.29, 1.82) is 0 Å². The summed E-state index contributed by atoms with van der Waals surface area (Å²) in [6.45, 7) is 5.32. The van der Waals surface area contributed by atoms with Crippen LogP contribution in [0.25, 0.3) is 0 Å². The zero-order valence-electron chi connectivity index (χ0n) is 11.9. The molecule has 0 saturated heterocycles. The van der Waals surface area contributed by atoms with Crippen molar-refractivity contribution >= 4 is 5.69 Å². The number of ether oxygens (including phenoxy) is 1. The molecule has 0 heterocycles. The Morgan fingerprint density at radius 3 is 2.33 bits per heavy atom. The first kappa shape index (κ1) is 14.8. The van der Waals surface area contributed by atoms with Crippen molar-refractivity contribution in [3.05, 3.63) is 24.3 Å².